The lowest BCUT2D eigenvalue weighted by molar-refractivity contribution is 0.596. The van der Waals surface area contributed by atoms with Gasteiger partial charge in [-0.1, -0.05) is 31.2 Å². The number of imidazole rings is 1. The van der Waals surface area contributed by atoms with Crippen molar-refractivity contribution in [1.29, 1.82) is 0 Å². The van der Waals surface area contributed by atoms with E-state index in [9.17, 15) is 8.42 Å². The molecule has 6 nitrogen and oxygen atoms in total. The van der Waals surface area contributed by atoms with Crippen LogP contribution in [0.2, 0.25) is 0 Å². The molecule has 0 unspecified atom stereocenters. The topological polar surface area (TPSA) is 77.7 Å². The summed E-state index contributed by atoms with van der Waals surface area (Å²) >= 11 is 0. The number of aromatic nitrogens is 4. The number of hydrogen-bond donors (Lipinski definition) is 0. The van der Waals surface area contributed by atoms with Gasteiger partial charge in [0.05, 0.1) is 10.6 Å². The molecule has 0 saturated heterocycles. The van der Waals surface area contributed by atoms with E-state index in [0.717, 1.165) is 11.1 Å². The molecule has 0 spiro atoms. The zero-order valence-electron chi connectivity index (χ0n) is 17.2. The van der Waals surface area contributed by atoms with E-state index >= 15 is 0 Å². The molecule has 144 valence electrons. The number of rotatable bonds is 5. The van der Waals surface area contributed by atoms with Crippen LogP contribution in [-0.2, 0) is 22.1 Å². The van der Waals surface area contributed by atoms with Crippen LogP contribution in [0.1, 0.15) is 31.9 Å². The van der Waals surface area contributed by atoms with Crippen LogP contribution in [0.25, 0.3) is 28.8 Å². The number of nitrogens with zero attached hydrogens (tertiary/aromatic N) is 4. The van der Waals surface area contributed by atoms with E-state index in [1.807, 2.05) is 54.8 Å². The van der Waals surface area contributed by atoms with Crippen molar-refractivity contribution < 1.29 is 8.42 Å². The van der Waals surface area contributed by atoms with Crippen molar-refractivity contribution in [2.24, 2.45) is 7.05 Å². The van der Waals surface area contributed by atoms with Gasteiger partial charge in [0.25, 0.3) is 0 Å². The molecule has 0 atom stereocenters. The molecule has 0 bridgehead atoms. The number of hydrogen-bond acceptors (Lipinski definition) is 5. The third-order valence-electron chi connectivity index (χ3n) is 4.73. The number of pyridine rings is 2. The van der Waals surface area contributed by atoms with Crippen LogP contribution in [0.4, 0.5) is 0 Å². The van der Waals surface area contributed by atoms with Gasteiger partial charge in [0.1, 0.15) is 26.9 Å². The smallest absolute Gasteiger partial charge is 0.180 e. The molecule has 0 fully saturated rings. The summed E-state index contributed by atoms with van der Waals surface area (Å²) in [5, 5.41) is -0.209. The molecule has 3 rings (SSSR count). The highest BCUT2D eigenvalue weighted by atomic mass is 32.2. The van der Waals surface area contributed by atoms with E-state index in [-0.39, 0.29) is 15.9 Å². The maximum absolute atomic E-state index is 12.8. The molecule has 0 aliphatic carbocycles. The lowest BCUT2D eigenvalue weighted by atomic mass is 9.53. The number of sulfone groups is 1. The normalized spacial score (nSPS) is 12.9. The fourth-order valence-corrected chi connectivity index (χ4v) is 4.06. The largest absolute Gasteiger partial charge is 0.310 e. The van der Waals surface area contributed by atoms with Crippen LogP contribution >= 0.6 is 0 Å². The van der Waals surface area contributed by atoms with Gasteiger partial charge >= 0.3 is 0 Å². The monoisotopic (exact) mass is 394 g/mol. The van der Waals surface area contributed by atoms with Crippen LogP contribution in [0.15, 0.2) is 35.5 Å². The average molecular weight is 394 g/mol. The third kappa shape index (κ3) is 3.63. The Morgan fingerprint density at radius 1 is 1.21 bits per heavy atom. The quantitative estimate of drug-likeness (QED) is 0.610. The minimum Gasteiger partial charge on any atom is -0.310 e. The fraction of sp³-hybridized carbons (Fsp3) is 0.316. The maximum Gasteiger partial charge on any atom is 0.180 e. The van der Waals surface area contributed by atoms with E-state index in [1.165, 1.54) is 0 Å². The second-order valence-corrected chi connectivity index (χ2v) is 10.1. The van der Waals surface area contributed by atoms with Gasteiger partial charge in [0.2, 0.25) is 0 Å². The Balaban J connectivity index is 2.30. The minimum absolute atomic E-state index is 0.00289. The summed E-state index contributed by atoms with van der Waals surface area (Å²) in [7, 11) is 2.42. The summed E-state index contributed by atoms with van der Waals surface area (Å²) < 4.78 is 27.5. The highest BCUT2D eigenvalue weighted by Crippen LogP contribution is 2.30. The summed E-state index contributed by atoms with van der Waals surface area (Å²) in [5.41, 5.74) is 3.56. The molecule has 3 aromatic rings. The average Bonchev–Trinajstić information content (AvgIpc) is 2.97. The molecule has 0 saturated carbocycles. The predicted molar refractivity (Wildman–Crippen MR) is 119 cm³/mol. The number of aryl methyl sites for hydroxylation is 1. The maximum atomic E-state index is 12.8. The second-order valence-electron chi connectivity index (χ2n) is 7.83. The van der Waals surface area contributed by atoms with Crippen molar-refractivity contribution in [3.05, 3.63) is 41.7 Å². The summed E-state index contributed by atoms with van der Waals surface area (Å²) in [6.07, 6.45) is 7.39. The Kier molecular flexibility index (Phi) is 5.23. The van der Waals surface area contributed by atoms with Gasteiger partial charge in [-0.25, -0.2) is 18.4 Å². The van der Waals surface area contributed by atoms with Gasteiger partial charge < -0.3 is 4.57 Å². The van der Waals surface area contributed by atoms with Gasteiger partial charge in [-0.2, -0.15) is 0 Å². The van der Waals surface area contributed by atoms with Crippen molar-refractivity contribution in [3.63, 3.8) is 0 Å². The Morgan fingerprint density at radius 3 is 2.54 bits per heavy atom. The van der Waals surface area contributed by atoms with E-state index in [2.05, 4.69) is 15.0 Å². The van der Waals surface area contributed by atoms with Crippen molar-refractivity contribution in [1.82, 2.24) is 19.5 Å². The van der Waals surface area contributed by atoms with Crippen molar-refractivity contribution in [2.75, 3.05) is 5.75 Å². The van der Waals surface area contributed by atoms with Gasteiger partial charge in [-0.3, -0.25) is 4.98 Å². The molecule has 0 aliphatic rings. The zero-order valence-corrected chi connectivity index (χ0v) is 18.0. The first-order chi connectivity index (χ1) is 13.1. The molecule has 0 aliphatic heterocycles. The SMILES string of the molecule is BC(B)(C)c1cnc(-c2nc3cc(/C=C/C)cnc3n2C)c(S(=O)(=O)CC)c1. The second kappa shape index (κ2) is 7.20. The predicted octanol–water partition coefficient (Wildman–Crippen LogP) is 1.30. The van der Waals surface area contributed by atoms with Crippen molar-refractivity contribution in [3.8, 4) is 11.5 Å². The Hall–Kier alpha value is -2.41. The summed E-state index contributed by atoms with van der Waals surface area (Å²) in [5.74, 6) is 0.496. The molecule has 28 heavy (non-hydrogen) atoms. The highest BCUT2D eigenvalue weighted by molar-refractivity contribution is 7.91. The Bertz CT molecular complexity index is 1180. The van der Waals surface area contributed by atoms with E-state index in [1.54, 1.807) is 30.0 Å². The van der Waals surface area contributed by atoms with E-state index in [4.69, 9.17) is 0 Å². The molecule has 3 heterocycles. The van der Waals surface area contributed by atoms with Gasteiger partial charge in [-0.15, -0.1) is 0 Å². The molecule has 3 aromatic heterocycles. The molecule has 0 aromatic carbocycles. The van der Waals surface area contributed by atoms with Gasteiger partial charge in [0.15, 0.2) is 21.3 Å². The summed E-state index contributed by atoms with van der Waals surface area (Å²) in [6.45, 7) is 5.62. The Labute approximate surface area is 167 Å². The van der Waals surface area contributed by atoms with Crippen LogP contribution in [0.3, 0.4) is 0 Å². The Morgan fingerprint density at radius 2 is 1.93 bits per heavy atom. The van der Waals surface area contributed by atoms with Crippen molar-refractivity contribution >= 4 is 42.8 Å². The highest BCUT2D eigenvalue weighted by Gasteiger charge is 2.26. The van der Waals surface area contributed by atoms with Crippen LogP contribution in [0.5, 0.6) is 0 Å². The van der Waals surface area contributed by atoms with Crippen LogP contribution in [0, 0.1) is 0 Å². The van der Waals surface area contributed by atoms with Gasteiger partial charge in [0, 0.05) is 19.4 Å². The summed E-state index contributed by atoms with van der Waals surface area (Å²) in [6, 6.07) is 3.67. The molecule has 0 amide bonds. The van der Waals surface area contributed by atoms with E-state index < -0.39 is 9.84 Å². The van der Waals surface area contributed by atoms with Crippen LogP contribution < -0.4 is 0 Å². The number of fused-ring (bicyclic) bond motifs is 1. The van der Waals surface area contributed by atoms with Gasteiger partial charge in [-0.05, 0) is 30.2 Å². The van der Waals surface area contributed by atoms with E-state index in [0.29, 0.717) is 22.7 Å². The summed E-state index contributed by atoms with van der Waals surface area (Å²) in [4.78, 5) is 13.9. The fourth-order valence-electron chi connectivity index (χ4n) is 3.00. The zero-order chi connectivity index (χ0) is 20.7. The standard InChI is InChI=1S/C19H24B2N4O2S/c1-5-7-12-8-14-17(23-10-12)25(4)18(24-14)16-15(28(26,27)6-2)9-13(11-22-16)19(3,20)21/h5,7-11H,6,20-21H2,1-4H3/b7-5+. The molecular weight excluding hydrogens is 370 g/mol. The molecule has 9 heteroatoms. The third-order valence-corrected chi connectivity index (χ3v) is 6.48. The first-order valence-corrected chi connectivity index (χ1v) is 10.9. The lowest BCUT2D eigenvalue weighted by Crippen LogP contribution is -2.23. The molecule has 0 N–H and O–H groups in total. The first-order valence-electron chi connectivity index (χ1n) is 9.27. The molecular formula is C19H24B2N4O2S. The minimum atomic E-state index is -3.48. The molecule has 0 radical (unpaired) electrons. The van der Waals surface area contributed by atoms with Crippen LogP contribution in [-0.4, -0.2) is 49.4 Å². The number of allylic oxidation sites excluding steroid dienone is 1. The first kappa shape index (κ1) is 20.3. The lowest BCUT2D eigenvalue weighted by Gasteiger charge is -2.20. The van der Waals surface area contributed by atoms with Crippen molar-refractivity contribution in [2.45, 2.75) is 30.9 Å².